The van der Waals surface area contributed by atoms with E-state index in [1.807, 2.05) is 13.8 Å². The molecule has 1 unspecified atom stereocenters. The van der Waals surface area contributed by atoms with E-state index >= 15 is 0 Å². The Kier molecular flexibility index (Phi) is 14.2. The van der Waals surface area contributed by atoms with Crippen LogP contribution in [0.2, 0.25) is 0 Å². The van der Waals surface area contributed by atoms with E-state index in [1.165, 1.54) is 0 Å². The van der Waals surface area contributed by atoms with Crippen molar-refractivity contribution in [1.82, 2.24) is 5.32 Å². The summed E-state index contributed by atoms with van der Waals surface area (Å²) in [4.78, 5) is 10.8. The number of nitrogens with two attached hydrogens (primary N) is 1. The minimum absolute atomic E-state index is 0.0903. The highest BCUT2D eigenvalue weighted by Gasteiger charge is 2.07. The Hall–Kier alpha value is -0.410. The summed E-state index contributed by atoms with van der Waals surface area (Å²) >= 11 is 0. The van der Waals surface area contributed by atoms with E-state index in [1.54, 1.807) is 6.92 Å². The largest absolute Gasteiger partial charge is 0.322 e. The van der Waals surface area contributed by atoms with Gasteiger partial charge in [-0.2, -0.15) is 0 Å². The minimum Gasteiger partial charge on any atom is -0.322 e. The fraction of sp³-hybridized carbons (Fsp3) is 0.923. The Balaban J connectivity index is 0. The van der Waals surface area contributed by atoms with Gasteiger partial charge in [0.15, 0.2) is 0 Å². The number of carbonyl (C=O) groups excluding carboxylic acids is 1. The van der Waals surface area contributed by atoms with E-state index in [-0.39, 0.29) is 11.8 Å². The molecule has 0 amide bonds. The normalized spacial score (nSPS) is 11.9. The molecule has 16 heavy (non-hydrogen) atoms. The van der Waals surface area contributed by atoms with Gasteiger partial charge in [-0.3, -0.25) is 4.79 Å². The Morgan fingerprint density at radius 2 is 1.75 bits per heavy atom. The van der Waals surface area contributed by atoms with Crippen molar-refractivity contribution in [3.63, 3.8) is 0 Å². The molecular formula is C13H30N2O. The van der Waals surface area contributed by atoms with Crippen LogP contribution in [0.3, 0.4) is 0 Å². The zero-order chi connectivity index (χ0) is 13.0. The first-order valence-electron chi connectivity index (χ1n) is 6.61. The minimum atomic E-state index is -0.265. The van der Waals surface area contributed by atoms with Gasteiger partial charge in [0.25, 0.3) is 0 Å². The molecule has 0 spiro atoms. The van der Waals surface area contributed by atoms with Gasteiger partial charge in [0, 0.05) is 6.04 Å². The predicted molar refractivity (Wildman–Crippen MR) is 71.6 cm³/mol. The Labute approximate surface area is 101 Å². The third kappa shape index (κ3) is 10.1. The summed E-state index contributed by atoms with van der Waals surface area (Å²) in [6.45, 7) is 10.9. The van der Waals surface area contributed by atoms with E-state index in [9.17, 15) is 4.79 Å². The van der Waals surface area contributed by atoms with Crippen molar-refractivity contribution in [2.24, 2.45) is 5.73 Å². The summed E-state index contributed by atoms with van der Waals surface area (Å²) < 4.78 is 0. The maximum Gasteiger partial charge on any atom is 0.146 e. The van der Waals surface area contributed by atoms with Gasteiger partial charge in [-0.05, 0) is 39.2 Å². The molecule has 0 radical (unpaired) electrons. The van der Waals surface area contributed by atoms with Crippen molar-refractivity contribution in [3.8, 4) is 0 Å². The van der Waals surface area contributed by atoms with Gasteiger partial charge in [0.1, 0.15) is 5.78 Å². The summed E-state index contributed by atoms with van der Waals surface area (Å²) in [7, 11) is 0. The molecule has 3 N–H and O–H groups in total. The average Bonchev–Trinajstić information content (AvgIpc) is 2.31. The molecule has 0 rings (SSSR count). The molecule has 0 aliphatic rings. The second-order valence-corrected chi connectivity index (χ2v) is 3.83. The summed E-state index contributed by atoms with van der Waals surface area (Å²) in [6.07, 6.45) is 4.10. The molecule has 0 bridgehead atoms. The lowest BCUT2D eigenvalue weighted by molar-refractivity contribution is -0.118. The highest BCUT2D eigenvalue weighted by Crippen LogP contribution is 1.98. The van der Waals surface area contributed by atoms with Crippen LogP contribution >= 0.6 is 0 Å². The summed E-state index contributed by atoms with van der Waals surface area (Å²) in [5, 5.41) is 3.45. The molecule has 3 heteroatoms. The van der Waals surface area contributed by atoms with Crippen LogP contribution in [0.25, 0.3) is 0 Å². The molecular weight excluding hydrogens is 200 g/mol. The fourth-order valence-corrected chi connectivity index (χ4v) is 1.41. The molecule has 1 atom stereocenters. The molecule has 0 saturated carbocycles. The number of Topliss-reactive ketones (excluding diaryl/α,β-unsaturated/α-hetero) is 1. The molecule has 0 aromatic rings. The smallest absolute Gasteiger partial charge is 0.146 e. The van der Waals surface area contributed by atoms with E-state index in [4.69, 9.17) is 5.73 Å². The maximum absolute atomic E-state index is 10.8. The molecule has 0 fully saturated rings. The Bertz CT molecular complexity index is 156. The summed E-state index contributed by atoms with van der Waals surface area (Å²) in [5.74, 6) is 0.0903. The number of hydrogen-bond acceptors (Lipinski definition) is 3. The highest BCUT2D eigenvalue weighted by molar-refractivity contribution is 5.80. The molecule has 0 aromatic carbocycles. The van der Waals surface area contributed by atoms with Crippen molar-refractivity contribution in [2.45, 2.75) is 72.4 Å². The van der Waals surface area contributed by atoms with E-state index in [2.05, 4.69) is 19.2 Å². The van der Waals surface area contributed by atoms with Crippen molar-refractivity contribution in [3.05, 3.63) is 0 Å². The zero-order valence-corrected chi connectivity index (χ0v) is 11.7. The molecule has 0 saturated heterocycles. The third-order valence-corrected chi connectivity index (χ3v) is 2.63. The van der Waals surface area contributed by atoms with Crippen LogP contribution in [-0.2, 0) is 4.79 Å². The van der Waals surface area contributed by atoms with Crippen LogP contribution in [0.1, 0.15) is 60.3 Å². The lowest BCUT2D eigenvalue weighted by Crippen LogP contribution is -2.32. The summed E-state index contributed by atoms with van der Waals surface area (Å²) in [6, 6.07) is 0.349. The first kappa shape index (κ1) is 18.0. The number of hydrogen-bond donors (Lipinski definition) is 2. The van der Waals surface area contributed by atoms with Crippen molar-refractivity contribution in [2.75, 3.05) is 6.54 Å². The van der Waals surface area contributed by atoms with Crippen LogP contribution in [0.5, 0.6) is 0 Å². The first-order chi connectivity index (χ1) is 7.61. The van der Waals surface area contributed by atoms with E-state index < -0.39 is 0 Å². The van der Waals surface area contributed by atoms with Gasteiger partial charge in [-0.1, -0.05) is 27.7 Å². The second-order valence-electron chi connectivity index (χ2n) is 3.83. The number of rotatable bonds is 8. The van der Waals surface area contributed by atoms with Gasteiger partial charge in [0.05, 0.1) is 6.04 Å². The Morgan fingerprint density at radius 1 is 1.25 bits per heavy atom. The quantitative estimate of drug-likeness (QED) is 0.630. The number of carbonyl (C=O) groups is 1. The number of ketones is 1. The molecule has 3 nitrogen and oxygen atoms in total. The van der Waals surface area contributed by atoms with Gasteiger partial charge >= 0.3 is 0 Å². The maximum atomic E-state index is 10.8. The van der Waals surface area contributed by atoms with E-state index in [0.29, 0.717) is 6.04 Å². The second kappa shape index (κ2) is 12.7. The van der Waals surface area contributed by atoms with Crippen LogP contribution in [0.15, 0.2) is 0 Å². The first-order valence-corrected chi connectivity index (χ1v) is 6.61. The van der Waals surface area contributed by atoms with Crippen LogP contribution < -0.4 is 11.1 Å². The van der Waals surface area contributed by atoms with Gasteiger partial charge in [-0.15, -0.1) is 0 Å². The molecule has 98 valence electrons. The van der Waals surface area contributed by atoms with Crippen LogP contribution in [0, 0.1) is 0 Å². The van der Waals surface area contributed by atoms with Gasteiger partial charge in [-0.25, -0.2) is 0 Å². The lowest BCUT2D eigenvalue weighted by Gasteiger charge is -2.15. The SMILES string of the molecule is CC.CCC(CC)NCCCC(N)C(C)=O. The van der Waals surface area contributed by atoms with Crippen LogP contribution in [0.4, 0.5) is 0 Å². The fourth-order valence-electron chi connectivity index (χ4n) is 1.41. The Morgan fingerprint density at radius 3 is 2.12 bits per heavy atom. The lowest BCUT2D eigenvalue weighted by atomic mass is 10.1. The van der Waals surface area contributed by atoms with Gasteiger partial charge < -0.3 is 11.1 Å². The standard InChI is InChI=1S/C11H24N2O.C2H6/c1-4-10(5-2)13-8-6-7-11(12)9(3)14;1-2/h10-11,13H,4-8,12H2,1-3H3;1-2H3. The van der Waals surface area contributed by atoms with E-state index in [0.717, 1.165) is 32.2 Å². The molecule has 0 aliphatic carbocycles. The monoisotopic (exact) mass is 230 g/mol. The predicted octanol–water partition coefficient (Wildman–Crippen LogP) is 2.49. The average molecular weight is 230 g/mol. The van der Waals surface area contributed by atoms with Crippen molar-refractivity contribution >= 4 is 5.78 Å². The van der Waals surface area contributed by atoms with Crippen LogP contribution in [-0.4, -0.2) is 24.4 Å². The molecule has 0 aromatic heterocycles. The van der Waals surface area contributed by atoms with Gasteiger partial charge in [0.2, 0.25) is 0 Å². The topological polar surface area (TPSA) is 55.1 Å². The molecule has 0 aliphatic heterocycles. The third-order valence-electron chi connectivity index (χ3n) is 2.63. The number of nitrogens with one attached hydrogen (secondary N) is 1. The van der Waals surface area contributed by atoms with Crippen molar-refractivity contribution in [1.29, 1.82) is 0 Å². The van der Waals surface area contributed by atoms with Crippen molar-refractivity contribution < 1.29 is 4.79 Å². The molecule has 0 heterocycles. The highest BCUT2D eigenvalue weighted by atomic mass is 16.1. The zero-order valence-electron chi connectivity index (χ0n) is 11.7. The summed E-state index contributed by atoms with van der Waals surface area (Å²) in [5.41, 5.74) is 5.62.